The van der Waals surface area contributed by atoms with Crippen molar-refractivity contribution in [1.82, 2.24) is 15.3 Å². The third-order valence-electron chi connectivity index (χ3n) is 4.37. The molecule has 0 bridgehead atoms. The molecular weight excluding hydrogens is 356 g/mol. The number of carbonyl (C=O) groups is 1. The Morgan fingerprint density at radius 3 is 2.44 bits per heavy atom. The summed E-state index contributed by atoms with van der Waals surface area (Å²) < 4.78 is 0. The summed E-state index contributed by atoms with van der Waals surface area (Å²) in [5.41, 5.74) is 4.96. The quantitative estimate of drug-likeness (QED) is 0.540. The zero-order valence-electron chi connectivity index (χ0n) is 15.0. The Morgan fingerprint density at radius 1 is 1.00 bits per heavy atom. The number of aryl methyl sites for hydroxylation is 1. The van der Waals surface area contributed by atoms with Crippen molar-refractivity contribution in [3.8, 4) is 11.1 Å². The zero-order chi connectivity index (χ0) is 18.8. The van der Waals surface area contributed by atoms with Crippen molar-refractivity contribution >= 4 is 39.0 Å². The molecule has 2 heterocycles. The lowest BCUT2D eigenvalue weighted by atomic mass is 10.0. The molecule has 2 aromatic heterocycles. The minimum absolute atomic E-state index is 0.106. The van der Waals surface area contributed by atoms with Crippen LogP contribution in [0.2, 0.25) is 0 Å². The van der Waals surface area contributed by atoms with Gasteiger partial charge in [0.05, 0.1) is 5.39 Å². The van der Waals surface area contributed by atoms with Crippen LogP contribution in [-0.4, -0.2) is 22.9 Å². The standard InChI is InChI=1S/C21H18N4OS/c1-13-3-5-14(6-4-13)17-11-27-21-18(17)19(23-12-24-21)25-16-9-7-15(8-10-16)20(26)22-2/h3-12H,1-2H3,(H,22,26)(H,23,24,25). The Bertz CT molecular complexity index is 1100. The number of rotatable bonds is 4. The van der Waals surface area contributed by atoms with Gasteiger partial charge in [-0.25, -0.2) is 9.97 Å². The highest BCUT2D eigenvalue weighted by atomic mass is 32.1. The highest BCUT2D eigenvalue weighted by Gasteiger charge is 2.13. The predicted molar refractivity (Wildman–Crippen MR) is 111 cm³/mol. The van der Waals surface area contributed by atoms with Gasteiger partial charge in [0, 0.05) is 29.2 Å². The Labute approximate surface area is 161 Å². The van der Waals surface area contributed by atoms with Gasteiger partial charge >= 0.3 is 0 Å². The van der Waals surface area contributed by atoms with E-state index in [4.69, 9.17) is 0 Å². The first-order valence-corrected chi connectivity index (χ1v) is 9.42. The minimum Gasteiger partial charge on any atom is -0.355 e. The van der Waals surface area contributed by atoms with E-state index in [0.717, 1.165) is 32.8 Å². The molecule has 134 valence electrons. The van der Waals surface area contributed by atoms with E-state index in [1.165, 1.54) is 5.56 Å². The van der Waals surface area contributed by atoms with E-state index in [1.54, 1.807) is 36.8 Å². The second-order valence-electron chi connectivity index (χ2n) is 6.20. The lowest BCUT2D eigenvalue weighted by Crippen LogP contribution is -2.17. The lowest BCUT2D eigenvalue weighted by molar-refractivity contribution is 0.0963. The van der Waals surface area contributed by atoms with E-state index in [2.05, 4.69) is 57.2 Å². The molecule has 0 aliphatic carbocycles. The topological polar surface area (TPSA) is 66.9 Å². The predicted octanol–water partition coefficient (Wildman–Crippen LogP) is 4.77. The summed E-state index contributed by atoms with van der Waals surface area (Å²) in [5, 5.41) is 9.10. The lowest BCUT2D eigenvalue weighted by Gasteiger charge is -2.09. The molecule has 4 rings (SSSR count). The van der Waals surface area contributed by atoms with E-state index >= 15 is 0 Å². The average molecular weight is 374 g/mol. The van der Waals surface area contributed by atoms with Crippen LogP contribution in [0.4, 0.5) is 11.5 Å². The van der Waals surface area contributed by atoms with Gasteiger partial charge in [0.2, 0.25) is 0 Å². The maximum Gasteiger partial charge on any atom is 0.251 e. The minimum atomic E-state index is -0.106. The van der Waals surface area contributed by atoms with Crippen LogP contribution in [0.25, 0.3) is 21.3 Å². The number of hydrogen-bond donors (Lipinski definition) is 2. The molecule has 27 heavy (non-hydrogen) atoms. The number of anilines is 2. The van der Waals surface area contributed by atoms with Crippen molar-refractivity contribution < 1.29 is 4.79 Å². The van der Waals surface area contributed by atoms with Gasteiger partial charge in [-0.1, -0.05) is 29.8 Å². The number of fused-ring (bicyclic) bond motifs is 1. The first-order valence-electron chi connectivity index (χ1n) is 8.54. The Kier molecular flexibility index (Phi) is 4.56. The Hall–Kier alpha value is -3.25. The molecule has 0 aliphatic heterocycles. The fourth-order valence-electron chi connectivity index (χ4n) is 2.90. The molecule has 0 atom stereocenters. The summed E-state index contributed by atoms with van der Waals surface area (Å²) in [5.74, 6) is 0.648. The first kappa shape index (κ1) is 17.2. The molecule has 0 saturated carbocycles. The largest absolute Gasteiger partial charge is 0.355 e. The Balaban J connectivity index is 1.73. The van der Waals surface area contributed by atoms with Crippen molar-refractivity contribution in [3.63, 3.8) is 0 Å². The number of nitrogens with one attached hydrogen (secondary N) is 2. The number of thiophene rings is 1. The molecule has 4 aromatic rings. The highest BCUT2D eigenvalue weighted by molar-refractivity contribution is 7.17. The van der Waals surface area contributed by atoms with Crippen molar-refractivity contribution in [3.05, 3.63) is 71.4 Å². The van der Waals surface area contributed by atoms with Gasteiger partial charge in [-0.3, -0.25) is 4.79 Å². The van der Waals surface area contributed by atoms with Gasteiger partial charge in [0.15, 0.2) is 0 Å². The Morgan fingerprint density at radius 2 is 1.74 bits per heavy atom. The summed E-state index contributed by atoms with van der Waals surface area (Å²) >= 11 is 1.60. The normalized spacial score (nSPS) is 10.7. The molecule has 0 unspecified atom stereocenters. The molecule has 2 aromatic carbocycles. The number of hydrogen-bond acceptors (Lipinski definition) is 5. The van der Waals surface area contributed by atoms with Gasteiger partial charge in [-0.15, -0.1) is 11.3 Å². The number of aromatic nitrogens is 2. The van der Waals surface area contributed by atoms with Crippen LogP contribution in [0, 0.1) is 6.92 Å². The molecule has 0 radical (unpaired) electrons. The van der Waals surface area contributed by atoms with Crippen molar-refractivity contribution in [2.24, 2.45) is 0 Å². The summed E-state index contributed by atoms with van der Waals surface area (Å²) in [6, 6.07) is 15.8. The molecule has 6 heteroatoms. The second kappa shape index (κ2) is 7.17. The van der Waals surface area contributed by atoms with Gasteiger partial charge in [0.1, 0.15) is 17.0 Å². The van der Waals surface area contributed by atoms with E-state index in [9.17, 15) is 4.79 Å². The fraction of sp³-hybridized carbons (Fsp3) is 0.0952. The van der Waals surface area contributed by atoms with Gasteiger partial charge in [-0.05, 0) is 36.8 Å². The maximum atomic E-state index is 11.7. The molecule has 0 fully saturated rings. The van der Waals surface area contributed by atoms with Crippen LogP contribution in [0.15, 0.2) is 60.2 Å². The monoisotopic (exact) mass is 374 g/mol. The van der Waals surface area contributed by atoms with Gasteiger partial charge in [-0.2, -0.15) is 0 Å². The maximum absolute atomic E-state index is 11.7. The van der Waals surface area contributed by atoms with Gasteiger partial charge in [0.25, 0.3) is 5.91 Å². The van der Waals surface area contributed by atoms with Crippen LogP contribution >= 0.6 is 11.3 Å². The van der Waals surface area contributed by atoms with Crippen LogP contribution in [0.5, 0.6) is 0 Å². The van der Waals surface area contributed by atoms with E-state index in [0.29, 0.717) is 5.56 Å². The second-order valence-corrected chi connectivity index (χ2v) is 7.06. The van der Waals surface area contributed by atoms with Crippen LogP contribution in [-0.2, 0) is 0 Å². The third kappa shape index (κ3) is 3.39. The summed E-state index contributed by atoms with van der Waals surface area (Å²) in [4.78, 5) is 21.5. The summed E-state index contributed by atoms with van der Waals surface area (Å²) in [7, 11) is 1.62. The molecule has 0 spiro atoms. The smallest absolute Gasteiger partial charge is 0.251 e. The van der Waals surface area contributed by atoms with Crippen molar-refractivity contribution in [1.29, 1.82) is 0 Å². The number of amides is 1. The zero-order valence-corrected chi connectivity index (χ0v) is 15.8. The number of carbonyl (C=O) groups excluding carboxylic acids is 1. The molecule has 0 saturated heterocycles. The third-order valence-corrected chi connectivity index (χ3v) is 5.26. The van der Waals surface area contributed by atoms with Gasteiger partial charge < -0.3 is 10.6 Å². The molecule has 5 nitrogen and oxygen atoms in total. The first-order chi connectivity index (χ1) is 13.2. The van der Waals surface area contributed by atoms with E-state index in [1.807, 2.05) is 12.1 Å². The van der Waals surface area contributed by atoms with Crippen LogP contribution < -0.4 is 10.6 Å². The fourth-order valence-corrected chi connectivity index (χ4v) is 3.82. The molecular formula is C21H18N4OS. The van der Waals surface area contributed by atoms with Crippen LogP contribution in [0.1, 0.15) is 15.9 Å². The molecule has 0 aliphatic rings. The highest BCUT2D eigenvalue weighted by Crippen LogP contribution is 2.37. The van der Waals surface area contributed by atoms with Crippen molar-refractivity contribution in [2.75, 3.05) is 12.4 Å². The molecule has 1 amide bonds. The average Bonchev–Trinajstić information content (AvgIpc) is 3.14. The molecule has 2 N–H and O–H groups in total. The van der Waals surface area contributed by atoms with E-state index in [-0.39, 0.29) is 5.91 Å². The number of benzene rings is 2. The van der Waals surface area contributed by atoms with E-state index < -0.39 is 0 Å². The van der Waals surface area contributed by atoms with Crippen LogP contribution in [0.3, 0.4) is 0 Å². The summed E-state index contributed by atoms with van der Waals surface area (Å²) in [6.45, 7) is 2.08. The number of nitrogens with zero attached hydrogens (tertiary/aromatic N) is 2. The van der Waals surface area contributed by atoms with Crippen molar-refractivity contribution in [2.45, 2.75) is 6.92 Å². The SMILES string of the molecule is CNC(=O)c1ccc(Nc2ncnc3scc(-c4ccc(C)cc4)c23)cc1. The summed E-state index contributed by atoms with van der Waals surface area (Å²) in [6.07, 6.45) is 1.57.